The van der Waals surface area contributed by atoms with E-state index < -0.39 is 0 Å². The van der Waals surface area contributed by atoms with Crippen LogP contribution in [0.3, 0.4) is 0 Å². The van der Waals surface area contributed by atoms with Crippen LogP contribution in [0.2, 0.25) is 0 Å². The fourth-order valence-electron chi connectivity index (χ4n) is 3.10. The van der Waals surface area contributed by atoms with Crippen molar-refractivity contribution in [1.82, 2.24) is 14.5 Å². The summed E-state index contributed by atoms with van der Waals surface area (Å²) in [5, 5.41) is 9.84. The van der Waals surface area contributed by atoms with Gasteiger partial charge in [0.25, 0.3) is 0 Å². The number of fused-ring (bicyclic) bond motifs is 2. The zero-order valence-electron chi connectivity index (χ0n) is 14.1. The summed E-state index contributed by atoms with van der Waals surface area (Å²) in [5.74, 6) is 0.495. The van der Waals surface area contributed by atoms with Gasteiger partial charge in [0.1, 0.15) is 17.2 Å². The first-order chi connectivity index (χ1) is 13.3. The molecule has 1 amide bonds. The van der Waals surface area contributed by atoms with Crippen LogP contribution in [0.5, 0.6) is 0 Å². The van der Waals surface area contributed by atoms with Crippen LogP contribution >= 0.6 is 11.3 Å². The van der Waals surface area contributed by atoms with Crippen LogP contribution in [-0.4, -0.2) is 20.4 Å². The van der Waals surface area contributed by atoms with E-state index in [2.05, 4.69) is 15.5 Å². The second-order valence-electron chi connectivity index (χ2n) is 6.08. The Hall–Kier alpha value is -3.45. The number of benzene rings is 2. The monoisotopic (exact) mass is 374 g/mol. The normalized spacial score (nSPS) is 11.3. The lowest BCUT2D eigenvalue weighted by atomic mass is 10.1. The van der Waals surface area contributed by atoms with Crippen molar-refractivity contribution in [3.05, 3.63) is 71.9 Å². The molecule has 7 heteroatoms. The number of rotatable bonds is 4. The number of nitrogens with zero attached hydrogens (tertiary/aromatic N) is 3. The van der Waals surface area contributed by atoms with Crippen LogP contribution in [0.25, 0.3) is 27.2 Å². The van der Waals surface area contributed by atoms with Crippen molar-refractivity contribution in [3.63, 3.8) is 0 Å². The number of hydrogen-bond donors (Lipinski definition) is 1. The van der Waals surface area contributed by atoms with Gasteiger partial charge in [-0.3, -0.25) is 9.20 Å². The molecule has 0 atom stereocenters. The predicted molar refractivity (Wildman–Crippen MR) is 105 cm³/mol. The Kier molecular flexibility index (Phi) is 3.72. The second kappa shape index (κ2) is 6.37. The summed E-state index contributed by atoms with van der Waals surface area (Å²) >= 11 is 1.52. The molecule has 0 radical (unpaired) electrons. The molecular formula is C20H14N4O2S. The minimum Gasteiger partial charge on any atom is -0.356 e. The molecule has 5 rings (SSSR count). The van der Waals surface area contributed by atoms with Crippen LogP contribution in [0.15, 0.2) is 70.7 Å². The van der Waals surface area contributed by atoms with Gasteiger partial charge in [0, 0.05) is 22.5 Å². The third-order valence-electron chi connectivity index (χ3n) is 4.35. The van der Waals surface area contributed by atoms with Gasteiger partial charge in [-0.1, -0.05) is 47.6 Å². The molecule has 0 aliphatic rings. The third-order valence-corrected chi connectivity index (χ3v) is 5.10. The van der Waals surface area contributed by atoms with Gasteiger partial charge >= 0.3 is 0 Å². The SMILES string of the molecule is O=C(Cc1noc2ccccc12)Nc1c(-c2ccccc2)nc2sccn12. The number of carbonyl (C=O) groups excluding carboxylic acids is 1. The van der Waals surface area contributed by atoms with E-state index >= 15 is 0 Å². The first kappa shape index (κ1) is 15.8. The van der Waals surface area contributed by atoms with E-state index in [1.165, 1.54) is 11.3 Å². The lowest BCUT2D eigenvalue weighted by molar-refractivity contribution is -0.115. The molecule has 0 bridgehead atoms. The summed E-state index contributed by atoms with van der Waals surface area (Å²) in [4.78, 5) is 18.2. The summed E-state index contributed by atoms with van der Waals surface area (Å²) in [5.41, 5.74) is 3.00. The minimum atomic E-state index is -0.167. The van der Waals surface area contributed by atoms with Crippen LogP contribution < -0.4 is 5.32 Å². The molecule has 0 saturated heterocycles. The number of hydrogen-bond acceptors (Lipinski definition) is 5. The molecule has 27 heavy (non-hydrogen) atoms. The van der Waals surface area contributed by atoms with E-state index in [1.807, 2.05) is 70.6 Å². The largest absolute Gasteiger partial charge is 0.356 e. The fourth-order valence-corrected chi connectivity index (χ4v) is 3.81. The standard InChI is InChI=1S/C20H14N4O2S/c25-17(12-15-14-8-4-5-9-16(14)26-23-15)21-19-18(13-6-2-1-3-7-13)22-20-24(19)10-11-27-20/h1-11H,12H2,(H,21,25). The van der Waals surface area contributed by atoms with Gasteiger partial charge < -0.3 is 9.84 Å². The minimum absolute atomic E-state index is 0.128. The van der Waals surface area contributed by atoms with E-state index in [4.69, 9.17) is 4.52 Å². The average Bonchev–Trinajstić information content (AvgIpc) is 3.39. The molecule has 3 aromatic heterocycles. The van der Waals surface area contributed by atoms with Gasteiger partial charge in [-0.05, 0) is 12.1 Å². The summed E-state index contributed by atoms with van der Waals surface area (Å²) in [6.07, 6.45) is 2.03. The van der Waals surface area contributed by atoms with Crippen LogP contribution in [0.4, 0.5) is 5.82 Å². The van der Waals surface area contributed by atoms with E-state index in [-0.39, 0.29) is 12.3 Å². The zero-order valence-corrected chi connectivity index (χ0v) is 14.9. The second-order valence-corrected chi connectivity index (χ2v) is 6.95. The van der Waals surface area contributed by atoms with Crippen LogP contribution in [-0.2, 0) is 11.2 Å². The smallest absolute Gasteiger partial charge is 0.231 e. The average molecular weight is 374 g/mol. The topological polar surface area (TPSA) is 72.4 Å². The summed E-state index contributed by atoms with van der Waals surface area (Å²) in [7, 11) is 0. The number of anilines is 1. The number of nitrogens with one attached hydrogen (secondary N) is 1. The van der Waals surface area contributed by atoms with Gasteiger partial charge in [-0.25, -0.2) is 4.98 Å². The van der Waals surface area contributed by atoms with E-state index in [1.54, 1.807) is 0 Å². The molecule has 0 unspecified atom stereocenters. The highest BCUT2D eigenvalue weighted by Gasteiger charge is 2.19. The maximum absolute atomic E-state index is 12.7. The lowest BCUT2D eigenvalue weighted by Crippen LogP contribution is -2.16. The number of carbonyl (C=O) groups is 1. The number of thiazole rings is 1. The van der Waals surface area contributed by atoms with Crippen molar-refractivity contribution in [3.8, 4) is 11.3 Å². The maximum atomic E-state index is 12.7. The van der Waals surface area contributed by atoms with Crippen molar-refractivity contribution >= 4 is 39.0 Å². The predicted octanol–water partition coefficient (Wildman–Crippen LogP) is 4.39. The van der Waals surface area contributed by atoms with E-state index in [9.17, 15) is 4.79 Å². The van der Waals surface area contributed by atoms with Crippen LogP contribution in [0.1, 0.15) is 5.69 Å². The molecule has 0 aliphatic heterocycles. The summed E-state index contributed by atoms with van der Waals surface area (Å²) < 4.78 is 7.18. The van der Waals surface area contributed by atoms with Gasteiger partial charge in [-0.15, -0.1) is 11.3 Å². The molecule has 0 aliphatic carbocycles. The molecule has 5 aromatic rings. The molecule has 2 aromatic carbocycles. The van der Waals surface area contributed by atoms with Crippen molar-refractivity contribution in [1.29, 1.82) is 0 Å². The van der Waals surface area contributed by atoms with Crippen LogP contribution in [0, 0.1) is 0 Å². The fraction of sp³-hybridized carbons (Fsp3) is 0.0500. The highest BCUT2D eigenvalue weighted by atomic mass is 32.1. The zero-order chi connectivity index (χ0) is 18.2. The Morgan fingerprint density at radius 3 is 2.81 bits per heavy atom. The van der Waals surface area contributed by atoms with Crippen molar-refractivity contribution in [2.24, 2.45) is 0 Å². The molecule has 3 heterocycles. The van der Waals surface area contributed by atoms with Gasteiger partial charge in [-0.2, -0.15) is 0 Å². The molecule has 1 N–H and O–H groups in total. The molecule has 132 valence electrons. The van der Waals surface area contributed by atoms with Crippen molar-refractivity contribution in [2.75, 3.05) is 5.32 Å². The maximum Gasteiger partial charge on any atom is 0.231 e. The highest BCUT2D eigenvalue weighted by molar-refractivity contribution is 7.15. The Labute approximate surface area is 158 Å². The Balaban J connectivity index is 1.49. The van der Waals surface area contributed by atoms with Crippen molar-refractivity contribution in [2.45, 2.75) is 6.42 Å². The Bertz CT molecular complexity index is 1250. The molecule has 0 saturated carbocycles. The Morgan fingerprint density at radius 1 is 1.11 bits per heavy atom. The summed E-state index contributed by atoms with van der Waals surface area (Å²) in [6.45, 7) is 0. The third kappa shape index (κ3) is 2.78. The number of amides is 1. The number of aromatic nitrogens is 3. The van der Waals surface area contributed by atoms with E-state index in [0.717, 1.165) is 21.6 Å². The molecular weight excluding hydrogens is 360 g/mol. The first-order valence-corrected chi connectivity index (χ1v) is 9.32. The summed E-state index contributed by atoms with van der Waals surface area (Å²) in [6, 6.07) is 17.3. The number of para-hydroxylation sites is 1. The molecule has 6 nitrogen and oxygen atoms in total. The number of imidazole rings is 1. The molecule has 0 spiro atoms. The van der Waals surface area contributed by atoms with Crippen molar-refractivity contribution < 1.29 is 9.32 Å². The van der Waals surface area contributed by atoms with Gasteiger partial charge in [0.05, 0.1) is 6.42 Å². The molecule has 0 fully saturated rings. The van der Waals surface area contributed by atoms with Gasteiger partial charge in [0.2, 0.25) is 5.91 Å². The first-order valence-electron chi connectivity index (χ1n) is 8.44. The lowest BCUT2D eigenvalue weighted by Gasteiger charge is -2.06. The van der Waals surface area contributed by atoms with E-state index in [0.29, 0.717) is 17.1 Å². The van der Waals surface area contributed by atoms with Gasteiger partial charge in [0.15, 0.2) is 10.5 Å². The Morgan fingerprint density at radius 2 is 1.93 bits per heavy atom. The highest BCUT2D eigenvalue weighted by Crippen LogP contribution is 2.30. The quantitative estimate of drug-likeness (QED) is 0.506.